The number of nitrogens with one attached hydrogen (secondary N) is 1. The molecule has 1 N–H and O–H groups in total. The molecule has 2 nitrogen and oxygen atoms in total. The molecule has 1 heterocycles. The summed E-state index contributed by atoms with van der Waals surface area (Å²) in [5.41, 5.74) is 0.764. The zero-order chi connectivity index (χ0) is 14.7. The Kier molecular flexibility index (Phi) is 4.86. The summed E-state index contributed by atoms with van der Waals surface area (Å²) in [6.45, 7) is 3.01. The summed E-state index contributed by atoms with van der Waals surface area (Å²) in [4.78, 5) is 0. The molecule has 0 saturated heterocycles. The van der Waals surface area contributed by atoms with Gasteiger partial charge in [0.25, 0.3) is 0 Å². The number of benzene rings is 1. The Morgan fingerprint density at radius 2 is 2.14 bits per heavy atom. The lowest BCUT2D eigenvalue weighted by atomic mass is 10.2. The normalized spacial score (nSPS) is 17.6. The molecule has 3 rings (SSSR count). The molecule has 1 aromatic carbocycles. The highest BCUT2D eigenvalue weighted by atomic mass is 32.2. The average molecular weight is 307 g/mol. The number of furan rings is 1. The van der Waals surface area contributed by atoms with Crippen molar-refractivity contribution in [1.82, 2.24) is 5.32 Å². The van der Waals surface area contributed by atoms with Crippen LogP contribution < -0.4 is 5.32 Å². The van der Waals surface area contributed by atoms with Gasteiger partial charge in [-0.15, -0.1) is 0 Å². The van der Waals surface area contributed by atoms with E-state index < -0.39 is 0 Å². The van der Waals surface area contributed by atoms with Crippen molar-refractivity contribution >= 4 is 22.7 Å². The van der Waals surface area contributed by atoms with Crippen molar-refractivity contribution in [3.8, 4) is 0 Å². The summed E-state index contributed by atoms with van der Waals surface area (Å²) in [7, 11) is 0. The van der Waals surface area contributed by atoms with E-state index in [0.717, 1.165) is 34.3 Å². The average Bonchev–Trinajstić information content (AvgIpc) is 3.11. The van der Waals surface area contributed by atoms with Gasteiger partial charge in [0.1, 0.15) is 17.2 Å². The first kappa shape index (κ1) is 14.9. The second kappa shape index (κ2) is 6.84. The second-order valence-electron chi connectivity index (χ2n) is 5.68. The van der Waals surface area contributed by atoms with Gasteiger partial charge in [-0.25, -0.2) is 4.39 Å². The molecule has 1 aliphatic rings. The molecule has 1 aromatic heterocycles. The molecule has 1 unspecified atom stereocenters. The number of fused-ring (bicyclic) bond motifs is 1. The Labute approximate surface area is 129 Å². The van der Waals surface area contributed by atoms with Crippen LogP contribution in [0, 0.1) is 5.82 Å². The predicted molar refractivity (Wildman–Crippen MR) is 87.3 cm³/mol. The van der Waals surface area contributed by atoms with Gasteiger partial charge in [-0.05, 0) is 43.7 Å². The Balaban J connectivity index is 1.74. The second-order valence-corrected chi connectivity index (χ2v) is 7.01. The molecule has 0 bridgehead atoms. The summed E-state index contributed by atoms with van der Waals surface area (Å²) in [5, 5.41) is 5.14. The highest BCUT2D eigenvalue weighted by molar-refractivity contribution is 7.99. The largest absolute Gasteiger partial charge is 0.459 e. The van der Waals surface area contributed by atoms with E-state index in [1.54, 1.807) is 6.07 Å². The van der Waals surface area contributed by atoms with Crippen LogP contribution in [-0.2, 0) is 0 Å². The molecule has 0 radical (unpaired) electrons. The van der Waals surface area contributed by atoms with E-state index in [1.165, 1.54) is 37.8 Å². The van der Waals surface area contributed by atoms with Crippen molar-refractivity contribution in [3.63, 3.8) is 0 Å². The fourth-order valence-corrected chi connectivity index (χ4v) is 4.40. The SMILES string of the molecule is CCNC(CSC1CCCC1)c1cc2cc(F)ccc2o1. The Bertz CT molecular complexity index is 591. The molecule has 1 aliphatic carbocycles. The highest BCUT2D eigenvalue weighted by Crippen LogP contribution is 2.33. The highest BCUT2D eigenvalue weighted by Gasteiger charge is 2.20. The summed E-state index contributed by atoms with van der Waals surface area (Å²) >= 11 is 2.04. The van der Waals surface area contributed by atoms with E-state index in [4.69, 9.17) is 4.42 Å². The van der Waals surface area contributed by atoms with Crippen molar-refractivity contribution in [1.29, 1.82) is 0 Å². The molecule has 114 valence electrons. The first-order valence-corrected chi connectivity index (χ1v) is 8.85. The van der Waals surface area contributed by atoms with Gasteiger partial charge in [0.05, 0.1) is 6.04 Å². The zero-order valence-corrected chi connectivity index (χ0v) is 13.2. The molecule has 1 saturated carbocycles. The third-order valence-electron chi connectivity index (χ3n) is 4.09. The standard InChI is InChI=1S/C17H22FNOS/c1-2-19-15(11-21-14-5-3-4-6-14)17-10-12-9-13(18)7-8-16(12)20-17/h7-10,14-15,19H,2-6,11H2,1H3. The molecule has 21 heavy (non-hydrogen) atoms. The van der Waals surface area contributed by atoms with Gasteiger partial charge < -0.3 is 9.73 Å². The van der Waals surface area contributed by atoms with Crippen LogP contribution in [0.2, 0.25) is 0 Å². The van der Waals surface area contributed by atoms with Gasteiger partial charge in [0.2, 0.25) is 0 Å². The lowest BCUT2D eigenvalue weighted by molar-refractivity contribution is 0.463. The first-order chi connectivity index (χ1) is 10.3. The summed E-state index contributed by atoms with van der Waals surface area (Å²) in [6.07, 6.45) is 5.42. The molecule has 0 aliphatic heterocycles. The van der Waals surface area contributed by atoms with Crippen LogP contribution in [0.15, 0.2) is 28.7 Å². The van der Waals surface area contributed by atoms with Crippen LogP contribution in [0.3, 0.4) is 0 Å². The van der Waals surface area contributed by atoms with E-state index in [0.29, 0.717) is 0 Å². The van der Waals surface area contributed by atoms with Crippen LogP contribution in [0.4, 0.5) is 4.39 Å². The van der Waals surface area contributed by atoms with E-state index in [1.807, 2.05) is 17.8 Å². The van der Waals surface area contributed by atoms with Gasteiger partial charge in [0.15, 0.2) is 0 Å². The van der Waals surface area contributed by atoms with Crippen LogP contribution in [0.1, 0.15) is 44.4 Å². The third-order valence-corrected chi connectivity index (χ3v) is 5.56. The number of rotatable bonds is 6. The zero-order valence-electron chi connectivity index (χ0n) is 12.4. The van der Waals surface area contributed by atoms with Crippen molar-refractivity contribution in [2.75, 3.05) is 12.3 Å². The van der Waals surface area contributed by atoms with Crippen molar-refractivity contribution in [3.05, 3.63) is 35.8 Å². The number of hydrogen-bond acceptors (Lipinski definition) is 3. The molecule has 4 heteroatoms. The van der Waals surface area contributed by atoms with E-state index >= 15 is 0 Å². The Morgan fingerprint density at radius 3 is 2.90 bits per heavy atom. The molecule has 2 aromatic rings. The third kappa shape index (κ3) is 3.61. The minimum Gasteiger partial charge on any atom is -0.459 e. The summed E-state index contributed by atoms with van der Waals surface area (Å²) in [5.74, 6) is 1.72. The van der Waals surface area contributed by atoms with Crippen molar-refractivity contribution < 1.29 is 8.81 Å². The molecule has 0 amide bonds. The van der Waals surface area contributed by atoms with Gasteiger partial charge in [-0.2, -0.15) is 11.8 Å². The number of thioether (sulfide) groups is 1. The van der Waals surface area contributed by atoms with Crippen LogP contribution in [0.25, 0.3) is 11.0 Å². The molecular formula is C17H22FNOS. The van der Waals surface area contributed by atoms with Crippen LogP contribution >= 0.6 is 11.8 Å². The lowest BCUT2D eigenvalue weighted by Gasteiger charge is -2.17. The molecular weight excluding hydrogens is 285 g/mol. The van der Waals surface area contributed by atoms with Gasteiger partial charge in [-0.1, -0.05) is 19.8 Å². The number of halogens is 1. The quantitative estimate of drug-likeness (QED) is 0.822. The maximum absolute atomic E-state index is 13.3. The minimum absolute atomic E-state index is 0.205. The van der Waals surface area contributed by atoms with Crippen LogP contribution in [-0.4, -0.2) is 17.5 Å². The van der Waals surface area contributed by atoms with E-state index in [-0.39, 0.29) is 11.9 Å². The topological polar surface area (TPSA) is 25.2 Å². The minimum atomic E-state index is -0.213. The van der Waals surface area contributed by atoms with Gasteiger partial charge in [-0.3, -0.25) is 0 Å². The summed E-state index contributed by atoms with van der Waals surface area (Å²) < 4.78 is 19.2. The van der Waals surface area contributed by atoms with Gasteiger partial charge >= 0.3 is 0 Å². The predicted octanol–water partition coefficient (Wildman–Crippen LogP) is 4.90. The smallest absolute Gasteiger partial charge is 0.134 e. The molecule has 0 spiro atoms. The fraction of sp³-hybridized carbons (Fsp3) is 0.529. The van der Waals surface area contributed by atoms with E-state index in [9.17, 15) is 4.39 Å². The maximum atomic E-state index is 13.3. The molecule has 1 fully saturated rings. The Morgan fingerprint density at radius 1 is 1.33 bits per heavy atom. The van der Waals surface area contributed by atoms with Crippen molar-refractivity contribution in [2.45, 2.75) is 43.9 Å². The first-order valence-electron chi connectivity index (χ1n) is 7.80. The Hall–Kier alpha value is -1.00. The molecule has 1 atom stereocenters. The maximum Gasteiger partial charge on any atom is 0.134 e. The van der Waals surface area contributed by atoms with Gasteiger partial charge in [0, 0.05) is 16.4 Å². The van der Waals surface area contributed by atoms with E-state index in [2.05, 4.69) is 12.2 Å². The summed E-state index contributed by atoms with van der Waals surface area (Å²) in [6, 6.07) is 6.87. The van der Waals surface area contributed by atoms with Crippen molar-refractivity contribution in [2.24, 2.45) is 0 Å². The fourth-order valence-electron chi connectivity index (χ4n) is 2.98. The lowest BCUT2D eigenvalue weighted by Crippen LogP contribution is -2.23. The monoisotopic (exact) mass is 307 g/mol. The van der Waals surface area contributed by atoms with Crippen LogP contribution in [0.5, 0.6) is 0 Å². The number of hydrogen-bond donors (Lipinski definition) is 1.